The Bertz CT molecular complexity index is 341. The van der Waals surface area contributed by atoms with Gasteiger partial charge in [-0.15, -0.1) is 0 Å². The number of piperazine rings is 1. The third kappa shape index (κ3) is 2.65. The minimum absolute atomic E-state index is 0.162. The van der Waals surface area contributed by atoms with Crippen molar-refractivity contribution in [3.63, 3.8) is 0 Å². The molecule has 3 fully saturated rings. The van der Waals surface area contributed by atoms with Gasteiger partial charge >= 0.3 is 0 Å². The smallest absolute Gasteiger partial charge is 0.0805 e. The van der Waals surface area contributed by atoms with Crippen LogP contribution in [0.4, 0.5) is 0 Å². The van der Waals surface area contributed by atoms with E-state index in [2.05, 4.69) is 31.0 Å². The lowest BCUT2D eigenvalue weighted by molar-refractivity contribution is -0.109. The van der Waals surface area contributed by atoms with Crippen molar-refractivity contribution in [2.75, 3.05) is 26.7 Å². The molecule has 2 aliphatic carbocycles. The first-order valence-corrected chi connectivity index (χ1v) is 8.52. The summed E-state index contributed by atoms with van der Waals surface area (Å²) in [6.07, 6.45) is 6.67. The van der Waals surface area contributed by atoms with Crippen LogP contribution in [-0.2, 0) is 4.74 Å². The lowest BCUT2D eigenvalue weighted by Crippen LogP contribution is -2.67. The third-order valence-corrected chi connectivity index (χ3v) is 6.15. The zero-order chi connectivity index (χ0) is 14.4. The summed E-state index contributed by atoms with van der Waals surface area (Å²) in [5, 5.41) is 3.88. The van der Waals surface area contributed by atoms with Crippen LogP contribution in [0.5, 0.6) is 0 Å². The molecule has 2 atom stereocenters. The second-order valence-corrected chi connectivity index (χ2v) is 8.03. The zero-order valence-corrected chi connectivity index (χ0v) is 13.7. The lowest BCUT2D eigenvalue weighted by Gasteiger charge is -2.52. The molecule has 0 radical (unpaired) electrons. The van der Waals surface area contributed by atoms with Crippen molar-refractivity contribution >= 4 is 0 Å². The molecule has 0 aromatic heterocycles. The monoisotopic (exact) mass is 280 g/mol. The molecule has 1 aliphatic heterocycles. The number of rotatable bonds is 5. The summed E-state index contributed by atoms with van der Waals surface area (Å²) in [4.78, 5) is 2.75. The van der Waals surface area contributed by atoms with Gasteiger partial charge < -0.3 is 10.1 Å². The molecule has 0 aromatic rings. The number of nitrogens with one attached hydrogen (secondary N) is 1. The molecule has 3 rings (SSSR count). The first-order valence-electron chi connectivity index (χ1n) is 8.52. The fourth-order valence-electron chi connectivity index (χ4n) is 4.25. The van der Waals surface area contributed by atoms with Gasteiger partial charge in [0.05, 0.1) is 5.60 Å². The SMILES string of the molecule is COC1(CN2CC(C)(C3CC3)NCC2C(C)C)CCC1. The number of hydrogen-bond acceptors (Lipinski definition) is 3. The lowest BCUT2D eigenvalue weighted by atomic mass is 9.78. The fourth-order valence-corrected chi connectivity index (χ4v) is 4.25. The van der Waals surface area contributed by atoms with Crippen LogP contribution in [0.1, 0.15) is 52.9 Å². The largest absolute Gasteiger partial charge is 0.377 e. The molecule has 0 amide bonds. The minimum atomic E-state index is 0.162. The molecule has 116 valence electrons. The number of hydrogen-bond donors (Lipinski definition) is 1. The summed E-state index contributed by atoms with van der Waals surface area (Å²) in [5.41, 5.74) is 0.499. The van der Waals surface area contributed by atoms with Gasteiger partial charge in [-0.3, -0.25) is 4.90 Å². The van der Waals surface area contributed by atoms with Gasteiger partial charge in [0.2, 0.25) is 0 Å². The van der Waals surface area contributed by atoms with E-state index in [1.807, 2.05) is 7.11 Å². The van der Waals surface area contributed by atoms with E-state index < -0.39 is 0 Å². The summed E-state index contributed by atoms with van der Waals surface area (Å²) in [6, 6.07) is 0.662. The second-order valence-electron chi connectivity index (χ2n) is 8.03. The van der Waals surface area contributed by atoms with E-state index in [1.165, 1.54) is 38.6 Å². The topological polar surface area (TPSA) is 24.5 Å². The Morgan fingerprint density at radius 3 is 2.45 bits per heavy atom. The molecular formula is C17H32N2O. The Hall–Kier alpha value is -0.120. The summed E-state index contributed by atoms with van der Waals surface area (Å²) in [6.45, 7) is 10.6. The van der Waals surface area contributed by atoms with Crippen LogP contribution in [-0.4, -0.2) is 48.8 Å². The van der Waals surface area contributed by atoms with Crippen LogP contribution in [0.2, 0.25) is 0 Å². The Morgan fingerprint density at radius 1 is 1.30 bits per heavy atom. The van der Waals surface area contributed by atoms with Gasteiger partial charge in [0.1, 0.15) is 0 Å². The van der Waals surface area contributed by atoms with E-state index in [4.69, 9.17) is 4.74 Å². The van der Waals surface area contributed by atoms with E-state index in [0.717, 1.165) is 19.0 Å². The third-order valence-electron chi connectivity index (χ3n) is 6.15. The van der Waals surface area contributed by atoms with E-state index in [9.17, 15) is 0 Å². The highest BCUT2D eigenvalue weighted by Gasteiger charge is 2.49. The predicted molar refractivity (Wildman–Crippen MR) is 82.9 cm³/mol. The van der Waals surface area contributed by atoms with Crippen LogP contribution in [0, 0.1) is 11.8 Å². The van der Waals surface area contributed by atoms with Gasteiger partial charge in [0.15, 0.2) is 0 Å². The van der Waals surface area contributed by atoms with E-state index in [0.29, 0.717) is 17.5 Å². The minimum Gasteiger partial charge on any atom is -0.377 e. The molecular weight excluding hydrogens is 248 g/mol. The second kappa shape index (κ2) is 5.26. The molecule has 0 spiro atoms. The molecule has 0 aromatic carbocycles. The van der Waals surface area contributed by atoms with Crippen LogP contribution >= 0.6 is 0 Å². The van der Waals surface area contributed by atoms with E-state index in [1.54, 1.807) is 0 Å². The predicted octanol–water partition coefficient (Wildman–Crippen LogP) is 2.65. The zero-order valence-electron chi connectivity index (χ0n) is 13.7. The molecule has 3 heteroatoms. The van der Waals surface area contributed by atoms with Gasteiger partial charge in [-0.05, 0) is 50.9 Å². The highest BCUT2D eigenvalue weighted by molar-refractivity contribution is 5.06. The molecule has 3 nitrogen and oxygen atoms in total. The number of ether oxygens (including phenoxy) is 1. The van der Waals surface area contributed by atoms with Crippen molar-refractivity contribution in [2.24, 2.45) is 11.8 Å². The standard InChI is InChI=1S/C17H32N2O/c1-13(2)15-10-18-16(3,14-6-7-14)11-19(15)12-17(20-4)8-5-9-17/h13-15,18H,5-12H2,1-4H3. The average molecular weight is 280 g/mol. The Balaban J connectivity index is 1.71. The summed E-state index contributed by atoms with van der Waals surface area (Å²) in [5.74, 6) is 1.61. The molecule has 2 unspecified atom stereocenters. The molecule has 1 saturated heterocycles. The first-order chi connectivity index (χ1) is 9.48. The highest BCUT2D eigenvalue weighted by atomic mass is 16.5. The summed E-state index contributed by atoms with van der Waals surface area (Å²) >= 11 is 0. The van der Waals surface area contributed by atoms with Crippen LogP contribution in [0.25, 0.3) is 0 Å². The van der Waals surface area contributed by atoms with Crippen molar-refractivity contribution in [2.45, 2.75) is 70.1 Å². The van der Waals surface area contributed by atoms with Gasteiger partial charge in [-0.1, -0.05) is 13.8 Å². The molecule has 20 heavy (non-hydrogen) atoms. The van der Waals surface area contributed by atoms with Gasteiger partial charge in [0, 0.05) is 38.3 Å². The summed E-state index contributed by atoms with van der Waals surface area (Å²) < 4.78 is 5.89. The highest BCUT2D eigenvalue weighted by Crippen LogP contribution is 2.43. The van der Waals surface area contributed by atoms with Crippen LogP contribution in [0.15, 0.2) is 0 Å². The first kappa shape index (κ1) is 14.8. The summed E-state index contributed by atoms with van der Waals surface area (Å²) in [7, 11) is 1.91. The van der Waals surface area contributed by atoms with Crippen molar-refractivity contribution < 1.29 is 4.74 Å². The van der Waals surface area contributed by atoms with Gasteiger partial charge in [0.25, 0.3) is 0 Å². The number of nitrogens with zero attached hydrogens (tertiary/aromatic N) is 1. The average Bonchev–Trinajstić information content (AvgIpc) is 3.18. The van der Waals surface area contributed by atoms with Crippen LogP contribution < -0.4 is 5.32 Å². The molecule has 0 bridgehead atoms. The van der Waals surface area contributed by atoms with Gasteiger partial charge in [-0.2, -0.15) is 0 Å². The van der Waals surface area contributed by atoms with E-state index in [-0.39, 0.29) is 5.60 Å². The maximum atomic E-state index is 5.89. The molecule has 3 aliphatic rings. The molecule has 2 saturated carbocycles. The Kier molecular flexibility index (Phi) is 3.89. The van der Waals surface area contributed by atoms with Crippen molar-refractivity contribution in [1.29, 1.82) is 0 Å². The maximum absolute atomic E-state index is 5.89. The molecule has 1 heterocycles. The normalized spacial score (nSPS) is 38.0. The maximum Gasteiger partial charge on any atom is 0.0805 e. The Labute approximate surface area is 124 Å². The molecule has 1 N–H and O–H groups in total. The van der Waals surface area contributed by atoms with Crippen molar-refractivity contribution in [3.05, 3.63) is 0 Å². The fraction of sp³-hybridized carbons (Fsp3) is 1.00. The quantitative estimate of drug-likeness (QED) is 0.838. The van der Waals surface area contributed by atoms with Crippen molar-refractivity contribution in [3.8, 4) is 0 Å². The van der Waals surface area contributed by atoms with Crippen LogP contribution in [0.3, 0.4) is 0 Å². The Morgan fingerprint density at radius 2 is 2.00 bits per heavy atom. The number of methoxy groups -OCH3 is 1. The van der Waals surface area contributed by atoms with Crippen molar-refractivity contribution in [1.82, 2.24) is 10.2 Å². The van der Waals surface area contributed by atoms with Gasteiger partial charge in [-0.25, -0.2) is 0 Å². The van der Waals surface area contributed by atoms with E-state index >= 15 is 0 Å².